The number of likely N-dealkylation sites (tertiary alicyclic amines) is 2. The number of aliphatic hydroxyl groups excluding tert-OH is 1. The van der Waals surface area contributed by atoms with Crippen molar-refractivity contribution in [3.63, 3.8) is 0 Å². The molecule has 0 radical (unpaired) electrons. The van der Waals surface area contributed by atoms with Crippen LogP contribution in [-0.2, 0) is 12.1 Å². The summed E-state index contributed by atoms with van der Waals surface area (Å²) in [5, 5.41) is 20.9. The van der Waals surface area contributed by atoms with Crippen LogP contribution in [0.3, 0.4) is 0 Å². The van der Waals surface area contributed by atoms with Crippen molar-refractivity contribution < 1.29 is 14.9 Å². The van der Waals surface area contributed by atoms with E-state index >= 15 is 0 Å². The largest absolute Gasteiger partial charge is 0.491 e. The van der Waals surface area contributed by atoms with E-state index in [-0.39, 0.29) is 12.6 Å². The van der Waals surface area contributed by atoms with Crippen molar-refractivity contribution in [1.29, 1.82) is 0 Å². The average Bonchev–Trinajstić information content (AvgIpc) is 3.30. The van der Waals surface area contributed by atoms with E-state index in [1.165, 1.54) is 12.8 Å². The van der Waals surface area contributed by atoms with Gasteiger partial charge in [0.25, 0.3) is 0 Å². The van der Waals surface area contributed by atoms with Crippen LogP contribution in [0, 0.1) is 0 Å². The Morgan fingerprint density at radius 3 is 2.45 bits per heavy atom. The van der Waals surface area contributed by atoms with Crippen LogP contribution >= 0.6 is 0 Å². The molecule has 0 amide bonds. The maximum Gasteiger partial charge on any atom is 0.123 e. The molecule has 2 aliphatic heterocycles. The Morgan fingerprint density at radius 1 is 0.966 bits per heavy atom. The highest BCUT2D eigenvalue weighted by Crippen LogP contribution is 2.38. The van der Waals surface area contributed by atoms with E-state index in [0.29, 0.717) is 6.61 Å². The van der Waals surface area contributed by atoms with Crippen molar-refractivity contribution in [3.8, 4) is 5.75 Å². The Balaban J connectivity index is 1.54. The summed E-state index contributed by atoms with van der Waals surface area (Å²) >= 11 is 0. The lowest BCUT2D eigenvalue weighted by atomic mass is 9.79. The molecule has 2 atom stereocenters. The number of para-hydroxylation sites is 1. The summed E-state index contributed by atoms with van der Waals surface area (Å²) in [4.78, 5) is 4.91. The standard InChI is InChI=1S/C24H32N2O3/c27-16-17-29-22-11-5-4-8-20(22)18-25-15-12-24(28,21-9-2-1-3-10-21)23(19-25)26-13-6-7-14-26/h1-5,8-11,23,27-28H,6-7,12-19H2/t23-,24+/m1/s1. The van der Waals surface area contributed by atoms with Crippen molar-refractivity contribution in [2.24, 2.45) is 0 Å². The lowest BCUT2D eigenvalue weighted by Crippen LogP contribution is -2.60. The van der Waals surface area contributed by atoms with Gasteiger partial charge < -0.3 is 14.9 Å². The van der Waals surface area contributed by atoms with Gasteiger partial charge in [-0.25, -0.2) is 0 Å². The number of hydrogen-bond donors (Lipinski definition) is 2. The fraction of sp³-hybridized carbons (Fsp3) is 0.500. The summed E-state index contributed by atoms with van der Waals surface area (Å²) < 4.78 is 5.73. The fourth-order valence-electron chi connectivity index (χ4n) is 4.83. The summed E-state index contributed by atoms with van der Waals surface area (Å²) in [5.41, 5.74) is 1.35. The van der Waals surface area contributed by atoms with Gasteiger partial charge in [0.1, 0.15) is 18.0 Å². The van der Waals surface area contributed by atoms with Gasteiger partial charge in [-0.05, 0) is 44.0 Å². The number of nitrogens with zero attached hydrogens (tertiary/aromatic N) is 2. The minimum absolute atomic E-state index is 0.0131. The molecule has 0 spiro atoms. The van der Waals surface area contributed by atoms with Gasteiger partial charge >= 0.3 is 0 Å². The fourth-order valence-corrected chi connectivity index (χ4v) is 4.83. The molecule has 4 rings (SSSR count). The second-order valence-corrected chi connectivity index (χ2v) is 8.21. The van der Waals surface area contributed by atoms with E-state index < -0.39 is 5.60 Å². The van der Waals surface area contributed by atoms with Crippen LogP contribution in [0.25, 0.3) is 0 Å². The smallest absolute Gasteiger partial charge is 0.123 e. The van der Waals surface area contributed by atoms with Gasteiger partial charge in [0.15, 0.2) is 0 Å². The van der Waals surface area contributed by atoms with Gasteiger partial charge in [0.05, 0.1) is 12.6 Å². The first-order chi connectivity index (χ1) is 14.2. The van der Waals surface area contributed by atoms with Crippen LogP contribution in [0.15, 0.2) is 54.6 Å². The average molecular weight is 397 g/mol. The zero-order chi connectivity index (χ0) is 20.1. The molecule has 0 aromatic heterocycles. The third kappa shape index (κ3) is 4.48. The van der Waals surface area contributed by atoms with E-state index in [1.807, 2.05) is 36.4 Å². The molecule has 0 unspecified atom stereocenters. The molecule has 156 valence electrons. The van der Waals surface area contributed by atoms with Crippen LogP contribution in [0.5, 0.6) is 5.75 Å². The molecule has 0 saturated carbocycles. The summed E-state index contributed by atoms with van der Waals surface area (Å²) in [6.45, 7) is 4.90. The molecule has 2 saturated heterocycles. The predicted molar refractivity (Wildman–Crippen MR) is 114 cm³/mol. The van der Waals surface area contributed by atoms with Gasteiger partial charge in [-0.2, -0.15) is 0 Å². The number of rotatable bonds is 7. The molecule has 5 nitrogen and oxygen atoms in total. The monoisotopic (exact) mass is 396 g/mol. The Bertz CT molecular complexity index is 779. The van der Waals surface area contributed by atoms with Crippen LogP contribution < -0.4 is 4.74 Å². The van der Waals surface area contributed by atoms with E-state index in [4.69, 9.17) is 9.84 Å². The molecular formula is C24H32N2O3. The molecule has 2 fully saturated rings. The normalized spacial score (nSPS) is 25.9. The third-order valence-electron chi connectivity index (χ3n) is 6.36. The van der Waals surface area contributed by atoms with Gasteiger partial charge in [-0.15, -0.1) is 0 Å². The summed E-state index contributed by atoms with van der Waals surface area (Å²) in [5.74, 6) is 0.836. The molecule has 2 N–H and O–H groups in total. The van der Waals surface area contributed by atoms with E-state index in [9.17, 15) is 5.11 Å². The maximum absolute atomic E-state index is 11.8. The highest BCUT2D eigenvalue weighted by Gasteiger charge is 2.46. The van der Waals surface area contributed by atoms with Crippen LogP contribution in [0.2, 0.25) is 0 Å². The Morgan fingerprint density at radius 2 is 1.69 bits per heavy atom. The lowest BCUT2D eigenvalue weighted by molar-refractivity contribution is -0.0960. The topological polar surface area (TPSA) is 56.2 Å². The highest BCUT2D eigenvalue weighted by molar-refractivity contribution is 5.33. The number of piperidine rings is 1. The van der Waals surface area contributed by atoms with Crippen molar-refractivity contribution in [2.45, 2.75) is 37.5 Å². The van der Waals surface area contributed by atoms with Gasteiger partial charge in [0, 0.05) is 25.2 Å². The number of benzene rings is 2. The highest BCUT2D eigenvalue weighted by atomic mass is 16.5. The predicted octanol–water partition coefficient (Wildman–Crippen LogP) is 2.62. The van der Waals surface area contributed by atoms with Crippen molar-refractivity contribution in [3.05, 3.63) is 65.7 Å². The zero-order valence-corrected chi connectivity index (χ0v) is 17.0. The van der Waals surface area contributed by atoms with Crippen LogP contribution in [0.4, 0.5) is 0 Å². The second kappa shape index (κ2) is 9.26. The zero-order valence-electron chi connectivity index (χ0n) is 17.0. The summed E-state index contributed by atoms with van der Waals surface area (Å²) in [7, 11) is 0. The van der Waals surface area contributed by atoms with Crippen LogP contribution in [-0.4, -0.2) is 65.4 Å². The SMILES string of the molecule is OCCOc1ccccc1CN1CC[C@](O)(c2ccccc2)[C@H](N2CCCC2)C1. The van der Waals surface area contributed by atoms with E-state index in [2.05, 4.69) is 28.0 Å². The van der Waals surface area contributed by atoms with Crippen molar-refractivity contribution in [2.75, 3.05) is 39.4 Å². The summed E-state index contributed by atoms with van der Waals surface area (Å²) in [6.07, 6.45) is 3.14. The molecule has 0 bridgehead atoms. The van der Waals surface area contributed by atoms with Gasteiger partial charge in [0.2, 0.25) is 0 Å². The molecular weight excluding hydrogens is 364 g/mol. The first-order valence-electron chi connectivity index (χ1n) is 10.8. The first-order valence-corrected chi connectivity index (χ1v) is 10.8. The van der Waals surface area contributed by atoms with E-state index in [0.717, 1.165) is 56.0 Å². The third-order valence-corrected chi connectivity index (χ3v) is 6.36. The lowest BCUT2D eigenvalue weighted by Gasteiger charge is -2.48. The molecule has 5 heteroatoms. The summed E-state index contributed by atoms with van der Waals surface area (Å²) in [6, 6.07) is 18.3. The molecule has 2 aliphatic rings. The Kier molecular flexibility index (Phi) is 6.50. The first kappa shape index (κ1) is 20.4. The molecule has 2 aromatic carbocycles. The quantitative estimate of drug-likeness (QED) is 0.754. The Hall–Kier alpha value is -1.92. The van der Waals surface area contributed by atoms with Crippen LogP contribution in [0.1, 0.15) is 30.4 Å². The molecule has 2 aromatic rings. The Labute approximate surface area is 173 Å². The number of hydrogen-bond acceptors (Lipinski definition) is 5. The molecule has 29 heavy (non-hydrogen) atoms. The van der Waals surface area contributed by atoms with Gasteiger partial charge in [-0.3, -0.25) is 9.80 Å². The van der Waals surface area contributed by atoms with Crippen molar-refractivity contribution >= 4 is 0 Å². The number of ether oxygens (including phenoxy) is 1. The van der Waals surface area contributed by atoms with Gasteiger partial charge in [-0.1, -0.05) is 48.5 Å². The van der Waals surface area contributed by atoms with E-state index in [1.54, 1.807) is 0 Å². The number of aliphatic hydroxyl groups is 2. The minimum Gasteiger partial charge on any atom is -0.491 e. The molecule has 2 heterocycles. The minimum atomic E-state index is -0.811. The molecule has 0 aliphatic carbocycles. The maximum atomic E-state index is 11.8. The second-order valence-electron chi connectivity index (χ2n) is 8.21. The van der Waals surface area contributed by atoms with Crippen molar-refractivity contribution in [1.82, 2.24) is 9.80 Å².